The Morgan fingerprint density at radius 2 is 1.86 bits per heavy atom. The van der Waals surface area contributed by atoms with Gasteiger partial charge in [-0.05, 0) is 17.7 Å². The van der Waals surface area contributed by atoms with E-state index < -0.39 is 0 Å². The lowest BCUT2D eigenvalue weighted by molar-refractivity contribution is 0.390. The number of nitrogens with two attached hydrogens (primary N) is 1. The molecule has 3 aromatic rings. The van der Waals surface area contributed by atoms with Crippen molar-refractivity contribution in [2.24, 2.45) is 5.73 Å². The molecule has 0 spiro atoms. The molecule has 7 heteroatoms. The number of rotatable bonds is 5. The fraction of sp³-hybridized carbons (Fsp3) is 0.273. The number of ether oxygens (including phenoxy) is 1. The van der Waals surface area contributed by atoms with Crippen molar-refractivity contribution in [3.05, 3.63) is 86.6 Å². The van der Waals surface area contributed by atoms with Gasteiger partial charge in [0, 0.05) is 18.2 Å². The maximum atomic E-state index is 13.3. The van der Waals surface area contributed by atoms with E-state index in [9.17, 15) is 9.59 Å². The highest BCUT2D eigenvalue weighted by Gasteiger charge is 2.39. The molecule has 0 amide bonds. The third kappa shape index (κ3) is 3.18. The van der Waals surface area contributed by atoms with E-state index in [1.165, 1.54) is 4.57 Å². The summed E-state index contributed by atoms with van der Waals surface area (Å²) in [4.78, 5) is 26.3. The number of fused-ring (bicyclic) bond motifs is 2. The van der Waals surface area contributed by atoms with Gasteiger partial charge in [-0.3, -0.25) is 9.36 Å². The smallest absolute Gasteiger partial charge is 0.336 e. The lowest BCUT2D eigenvalue weighted by atomic mass is 10.1. The minimum Gasteiger partial charge on any atom is -0.497 e. The van der Waals surface area contributed by atoms with Crippen LogP contribution < -0.4 is 26.2 Å². The van der Waals surface area contributed by atoms with Crippen LogP contribution in [0.2, 0.25) is 0 Å². The molecule has 2 heterocycles. The first kappa shape index (κ1) is 19.2. The molecule has 150 valence electrons. The van der Waals surface area contributed by atoms with Crippen molar-refractivity contribution in [3.63, 3.8) is 0 Å². The fourth-order valence-corrected chi connectivity index (χ4v) is 4.12. The third-order valence-electron chi connectivity index (χ3n) is 5.68. The predicted molar refractivity (Wildman–Crippen MR) is 114 cm³/mol. The van der Waals surface area contributed by atoms with Crippen molar-refractivity contribution >= 4 is 11.5 Å². The first-order chi connectivity index (χ1) is 14.0. The molecule has 2 aromatic carbocycles. The Kier molecular flexibility index (Phi) is 4.86. The van der Waals surface area contributed by atoms with Crippen LogP contribution in [0.15, 0.2) is 64.2 Å². The minimum atomic E-state index is -0.308. The summed E-state index contributed by atoms with van der Waals surface area (Å²) < 4.78 is 8.66. The SMILES string of the molecule is COc1ccc2c(c1)[N+](C)(CCN)c1cc(=O)n(Cc3ccccc3)c(=O)n1C2. The van der Waals surface area contributed by atoms with Crippen molar-refractivity contribution in [1.82, 2.24) is 13.6 Å². The van der Waals surface area contributed by atoms with Crippen LogP contribution in [0.3, 0.4) is 0 Å². The largest absolute Gasteiger partial charge is 0.497 e. The molecule has 0 saturated carbocycles. The lowest BCUT2D eigenvalue weighted by Gasteiger charge is -2.39. The zero-order valence-corrected chi connectivity index (χ0v) is 16.7. The van der Waals surface area contributed by atoms with Crippen LogP contribution in [-0.2, 0) is 13.1 Å². The highest BCUT2D eigenvalue weighted by atomic mass is 16.5. The Hall–Kier alpha value is -3.16. The average molecular weight is 393 g/mol. The zero-order chi connectivity index (χ0) is 20.6. The summed E-state index contributed by atoms with van der Waals surface area (Å²) in [7, 11) is 3.61. The summed E-state index contributed by atoms with van der Waals surface area (Å²) in [5.74, 6) is 1.38. The number of hydrogen-bond donors (Lipinski definition) is 1. The highest BCUT2D eigenvalue weighted by Crippen LogP contribution is 2.40. The van der Waals surface area contributed by atoms with E-state index in [1.54, 1.807) is 17.7 Å². The Morgan fingerprint density at radius 1 is 1.10 bits per heavy atom. The Labute approximate surface area is 168 Å². The highest BCUT2D eigenvalue weighted by molar-refractivity contribution is 5.64. The number of nitrogens with zero attached hydrogens (tertiary/aromatic N) is 3. The van der Waals surface area contributed by atoms with Gasteiger partial charge in [0.05, 0.1) is 33.3 Å². The zero-order valence-electron chi connectivity index (χ0n) is 16.7. The van der Waals surface area contributed by atoms with Crippen LogP contribution in [0, 0.1) is 0 Å². The van der Waals surface area contributed by atoms with Crippen molar-refractivity contribution in [2.45, 2.75) is 13.1 Å². The van der Waals surface area contributed by atoms with E-state index in [2.05, 4.69) is 0 Å². The van der Waals surface area contributed by atoms with Crippen molar-refractivity contribution in [1.29, 1.82) is 0 Å². The normalized spacial score (nSPS) is 17.5. The van der Waals surface area contributed by atoms with Crippen LogP contribution in [-0.4, -0.2) is 36.4 Å². The third-order valence-corrected chi connectivity index (χ3v) is 5.68. The second kappa shape index (κ2) is 7.35. The molecular formula is C22H25N4O3+. The van der Waals surface area contributed by atoms with Crippen LogP contribution in [0.25, 0.3) is 0 Å². The van der Waals surface area contributed by atoms with Crippen LogP contribution in [0.1, 0.15) is 11.1 Å². The number of methoxy groups -OCH3 is 1. The summed E-state index contributed by atoms with van der Waals surface area (Å²) in [6.45, 7) is 1.62. The van der Waals surface area contributed by atoms with E-state index in [-0.39, 0.29) is 22.3 Å². The van der Waals surface area contributed by atoms with E-state index in [4.69, 9.17) is 10.5 Å². The molecule has 1 aliphatic rings. The van der Waals surface area contributed by atoms with E-state index in [0.717, 1.165) is 22.6 Å². The summed E-state index contributed by atoms with van der Waals surface area (Å²) in [6.07, 6.45) is 0. The molecule has 1 atom stereocenters. The van der Waals surface area contributed by atoms with Crippen LogP contribution in [0.5, 0.6) is 5.75 Å². The van der Waals surface area contributed by atoms with Gasteiger partial charge in [-0.15, -0.1) is 0 Å². The van der Waals surface area contributed by atoms with Gasteiger partial charge in [0.1, 0.15) is 18.0 Å². The number of aromatic nitrogens is 2. The van der Waals surface area contributed by atoms with Gasteiger partial charge < -0.3 is 10.5 Å². The van der Waals surface area contributed by atoms with Crippen molar-refractivity contribution < 1.29 is 4.74 Å². The van der Waals surface area contributed by atoms with E-state index in [0.29, 0.717) is 25.5 Å². The lowest BCUT2D eigenvalue weighted by Crippen LogP contribution is -2.53. The first-order valence-electron chi connectivity index (χ1n) is 9.60. The standard InChI is InChI=1S/C22H25N4O3/c1-26(11-10-23)19-12-18(29-2)9-8-17(19)15-24-20(26)13-21(27)25(22(24)28)14-16-6-4-3-5-7-16/h3-9,12-13H,10-11,14-15,23H2,1-2H3/q+1. The van der Waals surface area contributed by atoms with Crippen LogP contribution >= 0.6 is 0 Å². The van der Waals surface area contributed by atoms with E-state index in [1.807, 2.05) is 55.6 Å². The molecule has 0 bridgehead atoms. The number of quaternary nitrogens is 1. The van der Waals surface area contributed by atoms with Gasteiger partial charge in [-0.25, -0.2) is 13.8 Å². The molecule has 4 rings (SSSR count). The summed E-state index contributed by atoms with van der Waals surface area (Å²) in [5, 5.41) is 0. The van der Waals surface area contributed by atoms with E-state index >= 15 is 0 Å². The van der Waals surface area contributed by atoms with Gasteiger partial charge in [0.2, 0.25) is 5.82 Å². The number of hydrogen-bond acceptors (Lipinski definition) is 4. The summed E-state index contributed by atoms with van der Waals surface area (Å²) in [5.41, 5.74) is 8.23. The molecule has 1 unspecified atom stereocenters. The molecule has 1 aromatic heterocycles. The summed E-state index contributed by atoms with van der Waals surface area (Å²) in [6, 6.07) is 16.9. The molecule has 29 heavy (non-hydrogen) atoms. The molecule has 1 aliphatic heterocycles. The van der Waals surface area contributed by atoms with Gasteiger partial charge in [-0.2, -0.15) is 0 Å². The monoisotopic (exact) mass is 393 g/mol. The second-order valence-electron chi connectivity index (χ2n) is 7.48. The molecule has 2 N–H and O–H groups in total. The molecular weight excluding hydrogens is 368 g/mol. The molecule has 0 aliphatic carbocycles. The molecule has 0 fully saturated rings. The second-order valence-corrected chi connectivity index (χ2v) is 7.48. The molecule has 7 nitrogen and oxygen atoms in total. The Balaban J connectivity index is 1.90. The first-order valence-corrected chi connectivity index (χ1v) is 9.60. The predicted octanol–water partition coefficient (Wildman–Crippen LogP) is 1.66. The van der Waals surface area contributed by atoms with Crippen molar-refractivity contribution in [3.8, 4) is 5.75 Å². The van der Waals surface area contributed by atoms with Crippen molar-refractivity contribution in [2.75, 3.05) is 27.2 Å². The van der Waals surface area contributed by atoms with Gasteiger partial charge in [0.15, 0.2) is 0 Å². The topological polar surface area (TPSA) is 79.2 Å². The fourth-order valence-electron chi connectivity index (χ4n) is 4.12. The number of likely N-dealkylation sites (N-methyl/N-ethyl adjacent to an activating group) is 1. The quantitative estimate of drug-likeness (QED) is 0.669. The van der Waals surface area contributed by atoms with Gasteiger partial charge in [-0.1, -0.05) is 30.3 Å². The average Bonchev–Trinajstić information content (AvgIpc) is 2.73. The van der Waals surface area contributed by atoms with Gasteiger partial charge >= 0.3 is 5.69 Å². The van der Waals surface area contributed by atoms with Gasteiger partial charge in [0.25, 0.3) is 5.56 Å². The Morgan fingerprint density at radius 3 is 2.55 bits per heavy atom. The Bertz CT molecular complexity index is 1170. The molecule has 0 radical (unpaired) electrons. The van der Waals surface area contributed by atoms with Crippen LogP contribution in [0.4, 0.5) is 11.5 Å². The number of benzene rings is 2. The maximum Gasteiger partial charge on any atom is 0.336 e. The molecule has 0 saturated heterocycles. The maximum absolute atomic E-state index is 13.3. The minimum absolute atomic E-state index is 0.245. The summed E-state index contributed by atoms with van der Waals surface area (Å²) >= 11 is 0.